The van der Waals surface area contributed by atoms with Gasteiger partial charge in [-0.1, -0.05) is 0 Å². The zero-order chi connectivity index (χ0) is 12.1. The van der Waals surface area contributed by atoms with Gasteiger partial charge in [-0.05, 0) is 6.92 Å². The second-order valence-electron chi connectivity index (χ2n) is 3.68. The first kappa shape index (κ1) is 12.6. The topological polar surface area (TPSA) is 61.2 Å². The van der Waals surface area contributed by atoms with Crippen LogP contribution in [0.4, 0.5) is 0 Å². The number of hydrogen-bond donors (Lipinski definition) is 0. The minimum absolute atomic E-state index is 0.0735. The zero-order valence-corrected chi connectivity index (χ0v) is 9.82. The second kappa shape index (κ2) is 5.55. The number of carbonyl (C=O) groups is 2. The van der Waals surface area contributed by atoms with Crippen molar-refractivity contribution in [3.8, 4) is 0 Å². The van der Waals surface area contributed by atoms with Crippen molar-refractivity contribution in [2.75, 3.05) is 13.7 Å². The fourth-order valence-corrected chi connectivity index (χ4v) is 1.45. The number of ketones is 2. The van der Waals surface area contributed by atoms with Crippen molar-refractivity contribution >= 4 is 11.6 Å². The Balaban J connectivity index is 2.59. The number of hydrogen-bond acceptors (Lipinski definition) is 4. The zero-order valence-electron chi connectivity index (χ0n) is 9.82. The van der Waals surface area contributed by atoms with Gasteiger partial charge in [0.1, 0.15) is 5.78 Å². The Hall–Kier alpha value is -1.49. The van der Waals surface area contributed by atoms with Gasteiger partial charge in [0.25, 0.3) is 0 Å². The number of aryl methyl sites for hydroxylation is 2. The first-order valence-corrected chi connectivity index (χ1v) is 5.08. The lowest BCUT2D eigenvalue weighted by molar-refractivity contribution is -0.119. The molecule has 1 aromatic rings. The van der Waals surface area contributed by atoms with Crippen LogP contribution in [0.1, 0.15) is 28.9 Å². The van der Waals surface area contributed by atoms with Crippen LogP contribution in [-0.4, -0.2) is 35.1 Å². The SMILES string of the molecule is COCCC(=O)CC(=O)c1cn(C)nc1C. The molecule has 0 N–H and O–H groups in total. The molecule has 1 heterocycles. The number of methoxy groups -OCH3 is 1. The van der Waals surface area contributed by atoms with Crippen molar-refractivity contribution < 1.29 is 14.3 Å². The molecule has 0 fully saturated rings. The number of aromatic nitrogens is 2. The molecule has 0 radical (unpaired) electrons. The van der Waals surface area contributed by atoms with Crippen molar-refractivity contribution in [1.82, 2.24) is 9.78 Å². The Morgan fingerprint density at radius 3 is 2.69 bits per heavy atom. The Kier molecular flexibility index (Phi) is 4.37. The van der Waals surface area contributed by atoms with Gasteiger partial charge in [-0.2, -0.15) is 5.10 Å². The van der Waals surface area contributed by atoms with Gasteiger partial charge < -0.3 is 4.74 Å². The standard InChI is InChI=1S/C11H16N2O3/c1-8-10(7-13(2)12-8)11(15)6-9(14)4-5-16-3/h7H,4-6H2,1-3H3. The van der Waals surface area contributed by atoms with Gasteiger partial charge >= 0.3 is 0 Å². The Bertz CT molecular complexity index is 396. The maximum Gasteiger partial charge on any atom is 0.173 e. The van der Waals surface area contributed by atoms with Crippen LogP contribution in [0.3, 0.4) is 0 Å². The number of carbonyl (C=O) groups excluding carboxylic acids is 2. The molecule has 0 saturated heterocycles. The highest BCUT2D eigenvalue weighted by Gasteiger charge is 2.15. The van der Waals surface area contributed by atoms with Gasteiger partial charge in [-0.25, -0.2) is 0 Å². The lowest BCUT2D eigenvalue weighted by Gasteiger charge is -1.99. The minimum atomic E-state index is -0.174. The summed E-state index contributed by atoms with van der Waals surface area (Å²) in [4.78, 5) is 23.1. The molecule has 16 heavy (non-hydrogen) atoms. The van der Waals surface area contributed by atoms with Crippen molar-refractivity contribution in [1.29, 1.82) is 0 Å². The lowest BCUT2D eigenvalue weighted by atomic mass is 10.1. The fraction of sp³-hybridized carbons (Fsp3) is 0.545. The molecule has 0 aromatic carbocycles. The van der Waals surface area contributed by atoms with E-state index in [2.05, 4.69) is 5.10 Å². The van der Waals surface area contributed by atoms with Gasteiger partial charge in [0, 0.05) is 26.8 Å². The maximum atomic E-state index is 11.7. The summed E-state index contributed by atoms with van der Waals surface area (Å²) in [6.45, 7) is 2.12. The summed E-state index contributed by atoms with van der Waals surface area (Å²) in [6.07, 6.45) is 1.85. The predicted molar refractivity (Wildman–Crippen MR) is 58.4 cm³/mol. The van der Waals surface area contributed by atoms with Crippen molar-refractivity contribution in [2.24, 2.45) is 7.05 Å². The van der Waals surface area contributed by atoms with Crippen LogP contribution in [0.15, 0.2) is 6.20 Å². The summed E-state index contributed by atoms with van der Waals surface area (Å²) in [5.74, 6) is -0.276. The van der Waals surface area contributed by atoms with Crippen LogP contribution in [0.2, 0.25) is 0 Å². The van der Waals surface area contributed by atoms with E-state index in [1.54, 1.807) is 24.9 Å². The van der Waals surface area contributed by atoms with E-state index in [0.717, 1.165) is 0 Å². The van der Waals surface area contributed by atoms with Gasteiger partial charge in [0.2, 0.25) is 0 Å². The number of Topliss-reactive ketones (excluding diaryl/α,β-unsaturated/α-hetero) is 2. The molecule has 0 atom stereocenters. The van der Waals surface area contributed by atoms with Crippen molar-refractivity contribution in [3.05, 3.63) is 17.5 Å². The van der Waals surface area contributed by atoms with Gasteiger partial charge in [0.05, 0.1) is 24.3 Å². The van der Waals surface area contributed by atoms with E-state index in [9.17, 15) is 9.59 Å². The molecule has 0 bridgehead atoms. The molecule has 5 nitrogen and oxygen atoms in total. The normalized spacial score (nSPS) is 10.4. The average Bonchev–Trinajstić information content (AvgIpc) is 2.54. The first-order chi connectivity index (χ1) is 7.54. The maximum absolute atomic E-state index is 11.7. The second-order valence-corrected chi connectivity index (χ2v) is 3.68. The lowest BCUT2D eigenvalue weighted by Crippen LogP contribution is -2.10. The molecule has 1 aromatic heterocycles. The molecular weight excluding hydrogens is 208 g/mol. The van der Waals surface area contributed by atoms with Crippen LogP contribution in [0, 0.1) is 6.92 Å². The first-order valence-electron chi connectivity index (χ1n) is 5.08. The molecule has 88 valence electrons. The predicted octanol–water partition coefficient (Wildman–Crippen LogP) is 0.907. The highest BCUT2D eigenvalue weighted by atomic mass is 16.5. The molecule has 0 saturated carbocycles. The summed E-state index contributed by atoms with van der Waals surface area (Å²) >= 11 is 0. The summed E-state index contributed by atoms with van der Waals surface area (Å²) in [6, 6.07) is 0. The Morgan fingerprint density at radius 2 is 2.19 bits per heavy atom. The molecule has 0 unspecified atom stereocenters. The van der Waals surface area contributed by atoms with Crippen LogP contribution in [-0.2, 0) is 16.6 Å². The summed E-state index contributed by atoms with van der Waals surface area (Å²) in [7, 11) is 3.27. The summed E-state index contributed by atoms with van der Waals surface area (Å²) < 4.78 is 6.35. The highest BCUT2D eigenvalue weighted by molar-refractivity contribution is 6.08. The smallest absolute Gasteiger partial charge is 0.173 e. The van der Waals surface area contributed by atoms with Gasteiger partial charge in [0.15, 0.2) is 5.78 Å². The van der Waals surface area contributed by atoms with E-state index in [-0.39, 0.29) is 24.4 Å². The number of ether oxygens (including phenoxy) is 1. The van der Waals surface area contributed by atoms with E-state index in [0.29, 0.717) is 17.9 Å². The van der Waals surface area contributed by atoms with E-state index < -0.39 is 0 Å². The molecule has 0 amide bonds. The fourth-order valence-electron chi connectivity index (χ4n) is 1.45. The summed E-state index contributed by atoms with van der Waals surface area (Å²) in [5, 5.41) is 4.06. The monoisotopic (exact) mass is 224 g/mol. The molecule has 5 heteroatoms. The van der Waals surface area contributed by atoms with Gasteiger partial charge in [-0.15, -0.1) is 0 Å². The Labute approximate surface area is 94.4 Å². The van der Waals surface area contributed by atoms with Crippen LogP contribution >= 0.6 is 0 Å². The highest BCUT2D eigenvalue weighted by Crippen LogP contribution is 2.08. The third kappa shape index (κ3) is 3.27. The van der Waals surface area contributed by atoms with Crippen LogP contribution < -0.4 is 0 Å². The Morgan fingerprint density at radius 1 is 1.50 bits per heavy atom. The largest absolute Gasteiger partial charge is 0.384 e. The van der Waals surface area contributed by atoms with Crippen molar-refractivity contribution in [3.63, 3.8) is 0 Å². The minimum Gasteiger partial charge on any atom is -0.384 e. The summed E-state index contributed by atoms with van der Waals surface area (Å²) in [5.41, 5.74) is 1.18. The molecule has 0 aliphatic heterocycles. The molecule has 0 spiro atoms. The third-order valence-electron chi connectivity index (χ3n) is 2.26. The molecule has 0 aliphatic carbocycles. The van der Waals surface area contributed by atoms with E-state index in [1.165, 1.54) is 7.11 Å². The molecule has 0 aliphatic rings. The van der Waals surface area contributed by atoms with E-state index >= 15 is 0 Å². The molecular formula is C11H16N2O3. The van der Waals surface area contributed by atoms with E-state index in [1.807, 2.05) is 0 Å². The van der Waals surface area contributed by atoms with Crippen LogP contribution in [0.25, 0.3) is 0 Å². The number of rotatable bonds is 6. The van der Waals surface area contributed by atoms with Crippen LogP contribution in [0.5, 0.6) is 0 Å². The third-order valence-corrected chi connectivity index (χ3v) is 2.26. The van der Waals surface area contributed by atoms with Gasteiger partial charge in [-0.3, -0.25) is 14.3 Å². The average molecular weight is 224 g/mol. The van der Waals surface area contributed by atoms with E-state index in [4.69, 9.17) is 4.74 Å². The molecule has 1 rings (SSSR count). The van der Waals surface area contributed by atoms with Crippen molar-refractivity contribution in [2.45, 2.75) is 19.8 Å². The quantitative estimate of drug-likeness (QED) is 0.532. The number of nitrogens with zero attached hydrogens (tertiary/aromatic N) is 2.